The zero-order valence-corrected chi connectivity index (χ0v) is 35.9. The molecule has 0 aliphatic rings. The first kappa shape index (κ1) is 44.7. The summed E-state index contributed by atoms with van der Waals surface area (Å²) in [5.74, 6) is 0.920. The number of nitrogens with zero attached hydrogens (tertiary/aromatic N) is 2. The molecule has 2 N–H and O–H groups in total. The van der Waals surface area contributed by atoms with Crippen molar-refractivity contribution in [1.29, 1.82) is 0 Å². The van der Waals surface area contributed by atoms with Crippen molar-refractivity contribution in [2.24, 2.45) is 0 Å². The molecule has 14 heteroatoms. The third kappa shape index (κ3) is 12.3. The van der Waals surface area contributed by atoms with Crippen molar-refractivity contribution in [2.45, 2.75) is 52.4 Å². The second-order valence-electron chi connectivity index (χ2n) is 15.2. The summed E-state index contributed by atoms with van der Waals surface area (Å²) in [7, 11) is 0.973. The molecule has 1 amide bonds. The summed E-state index contributed by atoms with van der Waals surface area (Å²) in [5.41, 5.74) is 6.34. The third-order valence-electron chi connectivity index (χ3n) is 9.57. The number of ketones is 1. The first-order chi connectivity index (χ1) is 28.1. The fourth-order valence-corrected chi connectivity index (χ4v) is 6.99. The van der Waals surface area contributed by atoms with Crippen molar-refractivity contribution in [1.82, 2.24) is 9.97 Å². The van der Waals surface area contributed by atoms with Crippen molar-refractivity contribution < 1.29 is 41.7 Å². The van der Waals surface area contributed by atoms with Crippen LogP contribution in [0.1, 0.15) is 76.8 Å². The molecule has 0 atom stereocenters. The van der Waals surface area contributed by atoms with Gasteiger partial charge >= 0.3 is 0 Å². The van der Waals surface area contributed by atoms with Gasteiger partial charge in [0.2, 0.25) is 10.0 Å². The molecule has 0 aliphatic heterocycles. The van der Waals surface area contributed by atoms with Crippen LogP contribution in [0.15, 0.2) is 72.9 Å². The molecule has 0 unspecified atom stereocenters. The second kappa shape index (κ2) is 20.0. The fraction of sp³-hybridized carbons (Fsp3) is 0.378. The summed E-state index contributed by atoms with van der Waals surface area (Å²) in [6.45, 7) is 10.4. The van der Waals surface area contributed by atoms with E-state index in [-0.39, 0.29) is 28.5 Å². The number of hydrogen-bond acceptors (Lipinski definition) is 11. The highest BCUT2D eigenvalue weighted by atomic mass is 32.2. The number of ether oxygens (including phenoxy) is 5. The van der Waals surface area contributed by atoms with Crippen LogP contribution < -0.4 is 19.5 Å². The minimum atomic E-state index is -3.63. The Morgan fingerprint density at radius 2 is 1.54 bits per heavy atom. The van der Waals surface area contributed by atoms with Crippen LogP contribution in [0.5, 0.6) is 11.5 Å². The molecule has 59 heavy (non-hydrogen) atoms. The number of amides is 1. The van der Waals surface area contributed by atoms with E-state index in [1.807, 2.05) is 70.2 Å². The second-order valence-corrected chi connectivity index (χ2v) is 17.0. The molecular formula is C45H54N4O9S. The highest BCUT2D eigenvalue weighted by molar-refractivity contribution is 7.92. The molecule has 0 bridgehead atoms. The van der Waals surface area contributed by atoms with Gasteiger partial charge in [0.25, 0.3) is 5.91 Å². The van der Waals surface area contributed by atoms with E-state index < -0.39 is 10.0 Å². The quantitative estimate of drug-likeness (QED) is 0.0582. The van der Waals surface area contributed by atoms with E-state index in [9.17, 15) is 18.0 Å². The number of methoxy groups -OCH3 is 3. The maximum absolute atomic E-state index is 13.8. The van der Waals surface area contributed by atoms with Crippen LogP contribution in [0.2, 0.25) is 0 Å². The Bertz CT molecular complexity index is 2390. The summed E-state index contributed by atoms with van der Waals surface area (Å²) in [6.07, 6.45) is 4.21. The standard InChI is InChI=1S/C45H54N4O9S/c1-29-11-13-32(44(51)48-38-26-34(45(2,3)4)27-39(43(38)56-7)49-59(8,52)53)25-36(29)31-14-16-37-33(24-31)28-46-42(47-37)23-30-12-15-35(41(22-30)55-6)40(50)10-9-17-57-20-21-58-19-18-54-5/h11-16,22,24-28,49H,9-10,17-21,23H2,1-8H3,(H,48,51). The molecule has 1 aromatic heterocycles. The molecule has 0 aliphatic carbocycles. The average molecular weight is 827 g/mol. The number of carbonyl (C=O) groups excluding carboxylic acids is 2. The predicted octanol–water partition coefficient (Wildman–Crippen LogP) is 7.78. The van der Waals surface area contributed by atoms with E-state index in [4.69, 9.17) is 28.7 Å². The summed E-state index contributed by atoms with van der Waals surface area (Å²) in [5, 5.41) is 3.78. The zero-order valence-electron chi connectivity index (χ0n) is 35.1. The lowest BCUT2D eigenvalue weighted by atomic mass is 9.86. The van der Waals surface area contributed by atoms with E-state index >= 15 is 0 Å². The summed E-state index contributed by atoms with van der Waals surface area (Å²) >= 11 is 0. The van der Waals surface area contributed by atoms with Gasteiger partial charge in [-0.15, -0.1) is 0 Å². The van der Waals surface area contributed by atoms with Crippen LogP contribution >= 0.6 is 0 Å². The monoisotopic (exact) mass is 826 g/mol. The lowest BCUT2D eigenvalue weighted by molar-refractivity contribution is 0.0240. The third-order valence-corrected chi connectivity index (χ3v) is 10.2. The van der Waals surface area contributed by atoms with Crippen LogP contribution in [-0.4, -0.2) is 90.7 Å². The van der Waals surface area contributed by atoms with Crippen LogP contribution in [-0.2, 0) is 36.1 Å². The first-order valence-corrected chi connectivity index (χ1v) is 21.2. The SMILES string of the molecule is COCCOCCOCCCC(=O)c1ccc(Cc2ncc3cc(-c4cc(C(=O)Nc5cc(C(C)(C)C)cc(NS(C)(=O)=O)c5OC)ccc4C)ccc3n2)cc1OC. The average Bonchev–Trinajstić information content (AvgIpc) is 3.19. The predicted molar refractivity (Wildman–Crippen MR) is 231 cm³/mol. The fourth-order valence-electron chi connectivity index (χ4n) is 6.44. The molecular weight excluding hydrogens is 773 g/mol. The van der Waals surface area contributed by atoms with Gasteiger partial charge < -0.3 is 29.0 Å². The lowest BCUT2D eigenvalue weighted by Crippen LogP contribution is -2.18. The van der Waals surface area contributed by atoms with E-state index in [1.54, 1.807) is 44.7 Å². The van der Waals surface area contributed by atoms with Crippen molar-refractivity contribution in [2.75, 3.05) is 70.7 Å². The van der Waals surface area contributed by atoms with Gasteiger partial charge in [-0.1, -0.05) is 39.0 Å². The van der Waals surface area contributed by atoms with E-state index in [0.29, 0.717) is 80.7 Å². The van der Waals surface area contributed by atoms with Crippen LogP contribution in [0.25, 0.3) is 22.0 Å². The molecule has 0 spiro atoms. The number of hydrogen-bond donors (Lipinski definition) is 2. The Hall–Kier alpha value is -5.41. The highest BCUT2D eigenvalue weighted by Gasteiger charge is 2.23. The van der Waals surface area contributed by atoms with E-state index in [1.165, 1.54) is 7.11 Å². The van der Waals surface area contributed by atoms with Gasteiger partial charge in [0.15, 0.2) is 11.5 Å². The van der Waals surface area contributed by atoms with Gasteiger partial charge in [0, 0.05) is 43.7 Å². The number of fused-ring (bicyclic) bond motifs is 1. The Balaban J connectivity index is 1.28. The molecule has 4 aromatic carbocycles. The smallest absolute Gasteiger partial charge is 0.255 e. The van der Waals surface area contributed by atoms with Crippen molar-refractivity contribution in [3.05, 3.63) is 107 Å². The zero-order chi connectivity index (χ0) is 42.7. The van der Waals surface area contributed by atoms with Crippen LogP contribution in [0, 0.1) is 6.92 Å². The van der Waals surface area contributed by atoms with E-state index in [2.05, 4.69) is 15.0 Å². The van der Waals surface area contributed by atoms with Crippen LogP contribution in [0.4, 0.5) is 11.4 Å². The molecule has 13 nitrogen and oxygen atoms in total. The maximum Gasteiger partial charge on any atom is 0.255 e. The number of benzene rings is 4. The number of carbonyl (C=O) groups is 2. The normalized spacial score (nSPS) is 11.7. The Kier molecular flexibility index (Phi) is 15.2. The molecule has 5 rings (SSSR count). The number of aromatic nitrogens is 2. The van der Waals surface area contributed by atoms with Gasteiger partial charge in [0.1, 0.15) is 11.6 Å². The maximum atomic E-state index is 13.8. The lowest BCUT2D eigenvalue weighted by Gasteiger charge is -2.24. The molecule has 5 aromatic rings. The largest absolute Gasteiger partial charge is 0.496 e. The number of nitrogens with one attached hydrogen (secondary N) is 2. The molecule has 0 radical (unpaired) electrons. The number of sulfonamides is 1. The molecule has 0 saturated carbocycles. The van der Waals surface area contributed by atoms with Gasteiger partial charge in [-0.2, -0.15) is 0 Å². The summed E-state index contributed by atoms with van der Waals surface area (Å²) < 4.78 is 54.0. The summed E-state index contributed by atoms with van der Waals surface area (Å²) in [6, 6.07) is 20.4. The highest BCUT2D eigenvalue weighted by Crippen LogP contribution is 2.39. The van der Waals surface area contributed by atoms with E-state index in [0.717, 1.165) is 45.0 Å². The number of anilines is 2. The van der Waals surface area contributed by atoms with Gasteiger partial charge in [-0.05, 0) is 95.1 Å². The number of aryl methyl sites for hydroxylation is 1. The Morgan fingerprint density at radius 1 is 0.814 bits per heavy atom. The van der Waals surface area contributed by atoms with Crippen molar-refractivity contribution >= 4 is 44.0 Å². The van der Waals surface area contributed by atoms with Gasteiger partial charge in [-0.25, -0.2) is 18.4 Å². The molecule has 1 heterocycles. The topological polar surface area (TPSA) is 164 Å². The minimum Gasteiger partial charge on any atom is -0.496 e. The van der Waals surface area contributed by atoms with Gasteiger partial charge in [-0.3, -0.25) is 14.3 Å². The first-order valence-electron chi connectivity index (χ1n) is 19.3. The number of rotatable bonds is 20. The Morgan fingerprint density at radius 3 is 2.24 bits per heavy atom. The molecule has 314 valence electrons. The van der Waals surface area contributed by atoms with Crippen molar-refractivity contribution in [3.8, 4) is 22.6 Å². The molecule has 0 fully saturated rings. The van der Waals surface area contributed by atoms with Gasteiger partial charge in [0.05, 0.1) is 69.4 Å². The Labute approximate surface area is 346 Å². The molecule has 0 saturated heterocycles. The van der Waals surface area contributed by atoms with Crippen LogP contribution in [0.3, 0.4) is 0 Å². The van der Waals surface area contributed by atoms with Crippen molar-refractivity contribution in [3.63, 3.8) is 0 Å². The summed E-state index contributed by atoms with van der Waals surface area (Å²) in [4.78, 5) is 36.2. The number of Topliss-reactive ketones (excluding diaryl/α,β-unsaturated/α-hetero) is 1. The minimum absolute atomic E-state index is 0.0169.